The molecule has 1 unspecified atom stereocenters. The van der Waals surface area contributed by atoms with Crippen molar-refractivity contribution in [3.8, 4) is 0 Å². The number of carbonyl (C=O) groups is 2. The van der Waals surface area contributed by atoms with E-state index in [4.69, 9.17) is 5.11 Å². The second kappa shape index (κ2) is 7.49. The standard InChI is InChI=1S/C18H20N2O3S/c1-11-7-8-15(12(2)10-11)24-16-14(6-5-9-19-16)17(21)20(4)13(3)18(22)23/h5-10,13H,1-4H3,(H,22,23). The monoisotopic (exact) mass is 344 g/mol. The van der Waals surface area contributed by atoms with Gasteiger partial charge in [0.05, 0.1) is 5.56 Å². The third-order valence-electron chi connectivity index (χ3n) is 3.80. The van der Waals surface area contributed by atoms with Gasteiger partial charge in [0.2, 0.25) is 0 Å². The third-order valence-corrected chi connectivity index (χ3v) is 4.99. The molecule has 2 rings (SSSR count). The highest BCUT2D eigenvalue weighted by atomic mass is 32.2. The van der Waals surface area contributed by atoms with Crippen molar-refractivity contribution in [3.63, 3.8) is 0 Å². The Kier molecular flexibility index (Phi) is 5.62. The number of nitrogens with zero attached hydrogens (tertiary/aromatic N) is 2. The van der Waals surface area contributed by atoms with E-state index in [9.17, 15) is 9.59 Å². The van der Waals surface area contributed by atoms with Crippen LogP contribution in [0.5, 0.6) is 0 Å². The summed E-state index contributed by atoms with van der Waals surface area (Å²) in [5, 5.41) is 9.67. The van der Waals surface area contributed by atoms with Crippen LogP contribution in [0, 0.1) is 13.8 Å². The Bertz CT molecular complexity index is 777. The SMILES string of the molecule is Cc1ccc(Sc2ncccc2C(=O)N(C)C(C)C(=O)O)c(C)c1. The summed E-state index contributed by atoms with van der Waals surface area (Å²) in [5.74, 6) is -1.40. The quantitative estimate of drug-likeness (QED) is 0.900. The van der Waals surface area contributed by atoms with Gasteiger partial charge in [-0.1, -0.05) is 29.5 Å². The van der Waals surface area contributed by atoms with Crippen LogP contribution in [0.3, 0.4) is 0 Å². The average molecular weight is 344 g/mol. The third kappa shape index (κ3) is 3.94. The van der Waals surface area contributed by atoms with E-state index in [-0.39, 0.29) is 5.91 Å². The predicted molar refractivity (Wildman–Crippen MR) is 93.5 cm³/mol. The molecule has 5 nitrogen and oxygen atoms in total. The minimum Gasteiger partial charge on any atom is -0.480 e. The predicted octanol–water partition coefficient (Wildman–Crippen LogP) is 3.39. The average Bonchev–Trinajstić information content (AvgIpc) is 2.55. The van der Waals surface area contributed by atoms with Crippen LogP contribution in [0.1, 0.15) is 28.4 Å². The van der Waals surface area contributed by atoms with Crippen molar-refractivity contribution in [2.75, 3.05) is 7.05 Å². The number of aromatic nitrogens is 1. The number of carboxylic acids is 1. The smallest absolute Gasteiger partial charge is 0.326 e. The van der Waals surface area contributed by atoms with Crippen LogP contribution < -0.4 is 0 Å². The zero-order valence-electron chi connectivity index (χ0n) is 14.1. The lowest BCUT2D eigenvalue weighted by molar-refractivity contribution is -0.141. The van der Waals surface area contributed by atoms with Gasteiger partial charge in [0.15, 0.2) is 0 Å². The summed E-state index contributed by atoms with van der Waals surface area (Å²) in [6, 6.07) is 8.54. The number of aryl methyl sites for hydroxylation is 2. The lowest BCUT2D eigenvalue weighted by Crippen LogP contribution is -2.40. The molecule has 1 N–H and O–H groups in total. The molecule has 1 aromatic carbocycles. The lowest BCUT2D eigenvalue weighted by atomic mass is 10.2. The van der Waals surface area contributed by atoms with Gasteiger partial charge in [0.25, 0.3) is 5.91 Å². The van der Waals surface area contributed by atoms with Crippen molar-refractivity contribution < 1.29 is 14.7 Å². The maximum atomic E-state index is 12.6. The molecular formula is C18H20N2O3S. The molecule has 1 heterocycles. The number of benzene rings is 1. The van der Waals surface area contributed by atoms with E-state index in [0.29, 0.717) is 10.6 Å². The highest BCUT2D eigenvalue weighted by Crippen LogP contribution is 2.32. The molecule has 1 atom stereocenters. The molecule has 0 bridgehead atoms. The summed E-state index contributed by atoms with van der Waals surface area (Å²) in [6.45, 7) is 5.52. The van der Waals surface area contributed by atoms with Crippen molar-refractivity contribution in [1.82, 2.24) is 9.88 Å². The van der Waals surface area contributed by atoms with Gasteiger partial charge < -0.3 is 10.0 Å². The van der Waals surface area contributed by atoms with E-state index in [0.717, 1.165) is 10.5 Å². The highest BCUT2D eigenvalue weighted by Gasteiger charge is 2.25. The number of aliphatic carboxylic acids is 1. The molecular weight excluding hydrogens is 324 g/mol. The molecule has 0 saturated carbocycles. The number of amides is 1. The molecule has 0 aliphatic rings. The maximum Gasteiger partial charge on any atom is 0.326 e. The Morgan fingerprint density at radius 1 is 1.25 bits per heavy atom. The first-order valence-corrected chi connectivity index (χ1v) is 8.33. The molecule has 2 aromatic rings. The van der Waals surface area contributed by atoms with E-state index in [1.54, 1.807) is 18.3 Å². The Morgan fingerprint density at radius 2 is 1.96 bits per heavy atom. The van der Waals surface area contributed by atoms with Gasteiger partial charge in [0, 0.05) is 18.1 Å². The van der Waals surface area contributed by atoms with Gasteiger partial charge in [-0.2, -0.15) is 0 Å². The summed E-state index contributed by atoms with van der Waals surface area (Å²) in [5.41, 5.74) is 2.68. The number of rotatable bonds is 5. The fourth-order valence-corrected chi connectivity index (χ4v) is 3.13. The number of pyridine rings is 1. The van der Waals surface area contributed by atoms with E-state index in [1.807, 2.05) is 26.0 Å². The Balaban J connectivity index is 2.33. The first-order chi connectivity index (χ1) is 11.3. The van der Waals surface area contributed by atoms with Crippen molar-refractivity contribution in [3.05, 3.63) is 53.2 Å². The number of carbonyl (C=O) groups excluding carboxylic acids is 1. The molecule has 0 fully saturated rings. The van der Waals surface area contributed by atoms with E-state index in [1.165, 1.54) is 36.2 Å². The Morgan fingerprint density at radius 3 is 2.58 bits per heavy atom. The summed E-state index contributed by atoms with van der Waals surface area (Å²) < 4.78 is 0. The Hall–Kier alpha value is -2.34. The van der Waals surface area contributed by atoms with Gasteiger partial charge in [-0.05, 0) is 44.5 Å². The summed E-state index contributed by atoms with van der Waals surface area (Å²) in [7, 11) is 1.49. The van der Waals surface area contributed by atoms with Gasteiger partial charge >= 0.3 is 5.97 Å². The molecule has 24 heavy (non-hydrogen) atoms. The molecule has 6 heteroatoms. The van der Waals surface area contributed by atoms with Crippen molar-refractivity contribution >= 4 is 23.6 Å². The fraction of sp³-hybridized carbons (Fsp3) is 0.278. The molecule has 0 spiro atoms. The summed E-state index contributed by atoms with van der Waals surface area (Å²) in [6.07, 6.45) is 1.63. The second-order valence-electron chi connectivity index (χ2n) is 5.66. The van der Waals surface area contributed by atoms with Crippen molar-refractivity contribution in [1.29, 1.82) is 0 Å². The number of hydrogen-bond donors (Lipinski definition) is 1. The van der Waals surface area contributed by atoms with Crippen LogP contribution >= 0.6 is 11.8 Å². The zero-order valence-corrected chi connectivity index (χ0v) is 14.9. The van der Waals surface area contributed by atoms with Gasteiger partial charge in [0.1, 0.15) is 11.1 Å². The topological polar surface area (TPSA) is 70.5 Å². The van der Waals surface area contributed by atoms with Crippen LogP contribution in [-0.2, 0) is 4.79 Å². The molecule has 0 radical (unpaired) electrons. The maximum absolute atomic E-state index is 12.6. The van der Waals surface area contributed by atoms with E-state index >= 15 is 0 Å². The molecule has 0 saturated heterocycles. The first-order valence-electron chi connectivity index (χ1n) is 7.51. The second-order valence-corrected chi connectivity index (χ2v) is 6.69. The largest absolute Gasteiger partial charge is 0.480 e. The van der Waals surface area contributed by atoms with Crippen LogP contribution in [0.2, 0.25) is 0 Å². The molecule has 0 aliphatic carbocycles. The van der Waals surface area contributed by atoms with Crippen molar-refractivity contribution in [2.24, 2.45) is 0 Å². The van der Waals surface area contributed by atoms with Crippen LogP contribution in [-0.4, -0.2) is 40.0 Å². The number of carboxylic acid groups (broad SMARTS) is 1. The molecule has 126 valence electrons. The van der Waals surface area contributed by atoms with Gasteiger partial charge in [-0.15, -0.1) is 0 Å². The van der Waals surface area contributed by atoms with Crippen LogP contribution in [0.25, 0.3) is 0 Å². The zero-order chi connectivity index (χ0) is 17.9. The van der Waals surface area contributed by atoms with Crippen LogP contribution in [0.15, 0.2) is 46.5 Å². The van der Waals surface area contributed by atoms with Crippen LogP contribution in [0.4, 0.5) is 0 Å². The van der Waals surface area contributed by atoms with Gasteiger partial charge in [-0.3, -0.25) is 4.79 Å². The summed E-state index contributed by atoms with van der Waals surface area (Å²) >= 11 is 1.41. The molecule has 1 amide bonds. The fourth-order valence-electron chi connectivity index (χ4n) is 2.18. The highest BCUT2D eigenvalue weighted by molar-refractivity contribution is 7.99. The number of hydrogen-bond acceptors (Lipinski definition) is 4. The minimum absolute atomic E-state index is 0.356. The number of likely N-dealkylation sites (N-methyl/N-ethyl adjacent to an activating group) is 1. The van der Waals surface area contributed by atoms with Gasteiger partial charge in [-0.25, -0.2) is 9.78 Å². The first kappa shape index (κ1) is 18.0. The molecule has 1 aromatic heterocycles. The van der Waals surface area contributed by atoms with Crippen molar-refractivity contribution in [2.45, 2.75) is 36.7 Å². The normalized spacial score (nSPS) is 11.8. The summed E-state index contributed by atoms with van der Waals surface area (Å²) in [4.78, 5) is 30.3. The van der Waals surface area contributed by atoms with E-state index in [2.05, 4.69) is 11.1 Å². The molecule has 0 aliphatic heterocycles. The van der Waals surface area contributed by atoms with E-state index < -0.39 is 12.0 Å². The minimum atomic E-state index is -1.04. The lowest BCUT2D eigenvalue weighted by Gasteiger charge is -2.22. The Labute approximate surface area is 145 Å².